The van der Waals surface area contributed by atoms with Gasteiger partial charge in [-0.2, -0.15) is 5.10 Å². The van der Waals surface area contributed by atoms with Gasteiger partial charge in [0.2, 0.25) is 5.91 Å². The molecule has 0 radical (unpaired) electrons. The molecule has 0 spiro atoms. The lowest BCUT2D eigenvalue weighted by Gasteiger charge is -2.33. The summed E-state index contributed by atoms with van der Waals surface area (Å²) in [6.07, 6.45) is 7.84. The Labute approximate surface area is 165 Å². The van der Waals surface area contributed by atoms with E-state index >= 15 is 0 Å². The first-order valence-electron chi connectivity index (χ1n) is 9.96. The predicted octanol–water partition coefficient (Wildman–Crippen LogP) is 2.20. The molecule has 3 heterocycles. The van der Waals surface area contributed by atoms with Gasteiger partial charge in [0.15, 0.2) is 0 Å². The maximum Gasteiger partial charge on any atom is 0.244 e. The molecule has 1 amide bonds. The van der Waals surface area contributed by atoms with Gasteiger partial charge in [0.05, 0.1) is 11.7 Å². The van der Waals surface area contributed by atoms with Crippen molar-refractivity contribution in [2.75, 3.05) is 33.7 Å². The molecule has 7 nitrogen and oxygen atoms in total. The largest absolute Gasteiger partial charge is 0.340 e. The van der Waals surface area contributed by atoms with Gasteiger partial charge in [-0.05, 0) is 33.0 Å². The zero-order chi connectivity index (χ0) is 19.5. The summed E-state index contributed by atoms with van der Waals surface area (Å²) in [4.78, 5) is 21.7. The Bertz CT molecular complexity index is 943. The summed E-state index contributed by atoms with van der Waals surface area (Å²) in [6.45, 7) is 3.73. The number of likely N-dealkylation sites (tertiary alicyclic amines) is 1. The average Bonchev–Trinajstić information content (AvgIpc) is 3.34. The third-order valence-corrected chi connectivity index (χ3v) is 5.51. The molecule has 1 saturated heterocycles. The van der Waals surface area contributed by atoms with Gasteiger partial charge in [-0.15, -0.1) is 0 Å². The number of para-hydroxylation sites is 1. The molecule has 1 fully saturated rings. The molecular weight excluding hydrogens is 352 g/mol. The van der Waals surface area contributed by atoms with Crippen molar-refractivity contribution in [3.8, 4) is 0 Å². The molecule has 2 aromatic heterocycles. The summed E-state index contributed by atoms with van der Waals surface area (Å²) in [7, 11) is 4.16. The van der Waals surface area contributed by atoms with Gasteiger partial charge in [-0.1, -0.05) is 18.2 Å². The maximum absolute atomic E-state index is 13.0. The number of carbonyl (C=O) groups is 1. The fourth-order valence-electron chi connectivity index (χ4n) is 3.97. The van der Waals surface area contributed by atoms with Crippen molar-refractivity contribution < 1.29 is 4.79 Å². The lowest BCUT2D eigenvalue weighted by molar-refractivity contribution is -0.133. The normalized spacial score (nSPS) is 17.5. The first-order valence-corrected chi connectivity index (χ1v) is 9.96. The number of hydrogen-bond donors (Lipinski definition) is 0. The number of carbonyl (C=O) groups excluding carboxylic acids is 1. The number of amides is 1. The number of fused-ring (bicyclic) bond motifs is 1. The second kappa shape index (κ2) is 8.14. The van der Waals surface area contributed by atoms with Crippen LogP contribution >= 0.6 is 0 Å². The Balaban J connectivity index is 1.44. The summed E-state index contributed by atoms with van der Waals surface area (Å²) >= 11 is 0. The zero-order valence-corrected chi connectivity index (χ0v) is 16.7. The number of aromatic nitrogens is 4. The lowest BCUT2D eigenvalue weighted by atomic mass is 9.97. The first kappa shape index (κ1) is 18.7. The number of hydrogen-bond acceptors (Lipinski definition) is 4. The zero-order valence-electron chi connectivity index (χ0n) is 16.7. The van der Waals surface area contributed by atoms with Crippen LogP contribution in [0.1, 0.15) is 24.6 Å². The molecule has 0 saturated carbocycles. The Morgan fingerprint density at radius 3 is 3.00 bits per heavy atom. The molecule has 1 aliphatic heterocycles. The van der Waals surface area contributed by atoms with Crippen LogP contribution in [0.25, 0.3) is 10.9 Å². The molecule has 0 aliphatic carbocycles. The molecular formula is C21H28N6O. The number of benzene rings is 1. The van der Waals surface area contributed by atoms with Crippen LogP contribution in [-0.2, 0) is 17.9 Å². The number of likely N-dealkylation sites (N-methyl/N-ethyl adjacent to an activating group) is 1. The summed E-state index contributed by atoms with van der Waals surface area (Å²) < 4.78 is 4.04. The van der Waals surface area contributed by atoms with Crippen LogP contribution in [0.5, 0.6) is 0 Å². The smallest absolute Gasteiger partial charge is 0.244 e. The van der Waals surface area contributed by atoms with Crippen LogP contribution in [0.3, 0.4) is 0 Å². The van der Waals surface area contributed by atoms with E-state index in [4.69, 9.17) is 0 Å². The Hall–Kier alpha value is -2.67. The van der Waals surface area contributed by atoms with E-state index in [1.54, 1.807) is 4.68 Å². The van der Waals surface area contributed by atoms with Crippen molar-refractivity contribution in [2.45, 2.75) is 31.8 Å². The predicted molar refractivity (Wildman–Crippen MR) is 109 cm³/mol. The molecule has 1 atom stereocenters. The number of nitrogens with zero attached hydrogens (tertiary/aromatic N) is 6. The van der Waals surface area contributed by atoms with Crippen molar-refractivity contribution >= 4 is 16.8 Å². The monoisotopic (exact) mass is 380 g/mol. The van der Waals surface area contributed by atoms with Crippen molar-refractivity contribution in [1.82, 2.24) is 29.1 Å². The highest BCUT2D eigenvalue weighted by Gasteiger charge is 2.27. The van der Waals surface area contributed by atoms with E-state index in [0.29, 0.717) is 5.92 Å². The van der Waals surface area contributed by atoms with Crippen LogP contribution in [0.15, 0.2) is 42.9 Å². The second-order valence-electron chi connectivity index (χ2n) is 7.82. The molecule has 1 aliphatic rings. The second-order valence-corrected chi connectivity index (χ2v) is 7.82. The van der Waals surface area contributed by atoms with E-state index in [1.165, 1.54) is 0 Å². The van der Waals surface area contributed by atoms with Crippen LogP contribution in [0.2, 0.25) is 0 Å². The van der Waals surface area contributed by atoms with Gasteiger partial charge in [-0.25, -0.2) is 4.98 Å². The van der Waals surface area contributed by atoms with Gasteiger partial charge in [-0.3, -0.25) is 9.48 Å². The van der Waals surface area contributed by atoms with Gasteiger partial charge in [0.1, 0.15) is 12.4 Å². The van der Waals surface area contributed by atoms with E-state index in [-0.39, 0.29) is 12.5 Å². The lowest BCUT2D eigenvalue weighted by Crippen LogP contribution is -2.41. The third kappa shape index (κ3) is 3.94. The molecule has 0 unspecified atom stereocenters. The number of rotatable bonds is 6. The van der Waals surface area contributed by atoms with Crippen LogP contribution in [0, 0.1) is 0 Å². The van der Waals surface area contributed by atoms with Gasteiger partial charge < -0.3 is 14.4 Å². The van der Waals surface area contributed by atoms with E-state index in [9.17, 15) is 4.79 Å². The summed E-state index contributed by atoms with van der Waals surface area (Å²) in [5.74, 6) is 1.53. The van der Waals surface area contributed by atoms with Crippen molar-refractivity contribution in [1.29, 1.82) is 0 Å². The van der Waals surface area contributed by atoms with Crippen LogP contribution in [0.4, 0.5) is 0 Å². The van der Waals surface area contributed by atoms with Crippen molar-refractivity contribution in [3.63, 3.8) is 0 Å². The summed E-state index contributed by atoms with van der Waals surface area (Å²) in [6, 6.07) is 8.00. The summed E-state index contributed by atoms with van der Waals surface area (Å²) in [5.41, 5.74) is 1.00. The molecule has 1 aromatic carbocycles. The minimum atomic E-state index is 0.130. The van der Waals surface area contributed by atoms with E-state index in [2.05, 4.69) is 39.8 Å². The fourth-order valence-corrected chi connectivity index (χ4v) is 3.97. The first-order chi connectivity index (χ1) is 13.6. The van der Waals surface area contributed by atoms with Gasteiger partial charge in [0.25, 0.3) is 0 Å². The molecule has 148 valence electrons. The van der Waals surface area contributed by atoms with Crippen LogP contribution < -0.4 is 0 Å². The minimum Gasteiger partial charge on any atom is -0.340 e. The average molecular weight is 380 g/mol. The SMILES string of the molecule is CN(C)CCn1ccnc1[C@H]1CCCN(C(=O)Cn2ncc3ccccc32)C1. The highest BCUT2D eigenvalue weighted by molar-refractivity contribution is 5.82. The molecule has 7 heteroatoms. The Morgan fingerprint density at radius 2 is 2.14 bits per heavy atom. The number of imidazole rings is 1. The number of piperidine rings is 1. The van der Waals surface area contributed by atoms with Crippen LogP contribution in [-0.4, -0.2) is 68.8 Å². The standard InChI is InChI=1S/C21H28N6O/c1-24(2)12-13-25-11-9-22-21(25)18-7-5-10-26(15-18)20(28)16-27-19-8-4-3-6-17(19)14-23-27/h3-4,6,8-9,11,14,18H,5,7,10,12-13,15-16H2,1-2H3/t18-/m0/s1. The third-order valence-electron chi connectivity index (χ3n) is 5.51. The van der Waals surface area contributed by atoms with Gasteiger partial charge >= 0.3 is 0 Å². The van der Waals surface area contributed by atoms with Crippen molar-refractivity contribution in [3.05, 3.63) is 48.7 Å². The molecule has 4 rings (SSSR count). The molecule has 0 bridgehead atoms. The van der Waals surface area contributed by atoms with E-state index in [0.717, 1.165) is 55.7 Å². The minimum absolute atomic E-state index is 0.130. The quantitative estimate of drug-likeness (QED) is 0.658. The van der Waals surface area contributed by atoms with E-state index in [1.807, 2.05) is 41.6 Å². The Morgan fingerprint density at radius 1 is 1.29 bits per heavy atom. The highest BCUT2D eigenvalue weighted by atomic mass is 16.2. The molecule has 3 aromatic rings. The van der Waals surface area contributed by atoms with Gasteiger partial charge in [0, 0.05) is 49.9 Å². The molecule has 28 heavy (non-hydrogen) atoms. The topological polar surface area (TPSA) is 59.2 Å². The van der Waals surface area contributed by atoms with Crippen molar-refractivity contribution in [2.24, 2.45) is 0 Å². The van der Waals surface area contributed by atoms with E-state index < -0.39 is 0 Å². The Kier molecular flexibility index (Phi) is 5.43. The maximum atomic E-state index is 13.0. The summed E-state index contributed by atoms with van der Waals surface area (Å²) in [5, 5.41) is 5.47. The molecule has 0 N–H and O–H groups in total. The highest BCUT2D eigenvalue weighted by Crippen LogP contribution is 2.26. The fraction of sp³-hybridized carbons (Fsp3) is 0.476.